The Hall–Kier alpha value is -0.790. The molecule has 1 unspecified atom stereocenters. The van der Waals surface area contributed by atoms with Crippen molar-refractivity contribution in [3.63, 3.8) is 0 Å². The van der Waals surface area contributed by atoms with Crippen LogP contribution in [-0.2, 0) is 4.79 Å². The molecule has 2 heteroatoms. The van der Waals surface area contributed by atoms with Gasteiger partial charge in [-0.1, -0.05) is 26.0 Å². The van der Waals surface area contributed by atoms with Gasteiger partial charge in [0.1, 0.15) is 0 Å². The van der Waals surface area contributed by atoms with Gasteiger partial charge in [-0.3, -0.25) is 4.79 Å². The topological polar surface area (TPSA) is 37.3 Å². The van der Waals surface area contributed by atoms with Gasteiger partial charge in [-0.15, -0.1) is 0 Å². The lowest BCUT2D eigenvalue weighted by atomic mass is 10.1. The largest absolute Gasteiger partial charge is 0.481 e. The Balaban J connectivity index is 3.83. The van der Waals surface area contributed by atoms with Crippen LogP contribution < -0.4 is 0 Å². The molecule has 0 aliphatic rings. The standard InChI is InChI=1S/C8H14O2/c1-3-5-6-7(4-2)8(9)10/h5-7H,3-4H2,1-2H3,(H,9,10). The monoisotopic (exact) mass is 142 g/mol. The fraction of sp³-hybridized carbons (Fsp3) is 0.625. The summed E-state index contributed by atoms with van der Waals surface area (Å²) in [6, 6.07) is 0. The van der Waals surface area contributed by atoms with Gasteiger partial charge in [0, 0.05) is 0 Å². The summed E-state index contributed by atoms with van der Waals surface area (Å²) in [6.45, 7) is 3.86. The summed E-state index contributed by atoms with van der Waals surface area (Å²) in [4.78, 5) is 10.4. The summed E-state index contributed by atoms with van der Waals surface area (Å²) >= 11 is 0. The third-order valence-corrected chi connectivity index (χ3v) is 1.36. The average molecular weight is 142 g/mol. The summed E-state index contributed by atoms with van der Waals surface area (Å²) in [7, 11) is 0. The minimum atomic E-state index is -0.729. The number of allylic oxidation sites excluding steroid dienone is 1. The first-order chi connectivity index (χ1) is 4.72. The van der Waals surface area contributed by atoms with Crippen LogP contribution in [0, 0.1) is 5.92 Å². The van der Waals surface area contributed by atoms with E-state index in [0.29, 0.717) is 6.42 Å². The second-order valence-electron chi connectivity index (χ2n) is 2.19. The molecule has 0 aromatic carbocycles. The third kappa shape index (κ3) is 3.28. The Labute approximate surface area is 61.6 Å². The van der Waals surface area contributed by atoms with E-state index in [-0.39, 0.29) is 5.92 Å². The van der Waals surface area contributed by atoms with Gasteiger partial charge in [0.05, 0.1) is 5.92 Å². The van der Waals surface area contributed by atoms with Crippen molar-refractivity contribution in [2.45, 2.75) is 26.7 Å². The number of carboxylic acids is 1. The van der Waals surface area contributed by atoms with Gasteiger partial charge in [0.15, 0.2) is 0 Å². The minimum absolute atomic E-state index is 0.292. The first-order valence-corrected chi connectivity index (χ1v) is 3.61. The third-order valence-electron chi connectivity index (χ3n) is 1.36. The van der Waals surface area contributed by atoms with Crippen molar-refractivity contribution in [2.24, 2.45) is 5.92 Å². The first kappa shape index (κ1) is 9.21. The van der Waals surface area contributed by atoms with Gasteiger partial charge in [-0.05, 0) is 12.8 Å². The molecule has 0 spiro atoms. The molecule has 0 heterocycles. The zero-order valence-electron chi connectivity index (χ0n) is 6.50. The fourth-order valence-corrected chi connectivity index (χ4v) is 0.693. The van der Waals surface area contributed by atoms with Crippen LogP contribution in [0.2, 0.25) is 0 Å². The van der Waals surface area contributed by atoms with Crippen molar-refractivity contribution in [3.8, 4) is 0 Å². The Kier molecular flexibility index (Phi) is 4.63. The number of aliphatic carboxylic acids is 1. The molecule has 0 rings (SSSR count). The summed E-state index contributed by atoms with van der Waals surface area (Å²) in [5.74, 6) is -1.02. The van der Waals surface area contributed by atoms with Crippen molar-refractivity contribution >= 4 is 5.97 Å². The van der Waals surface area contributed by atoms with Crippen LogP contribution in [0.4, 0.5) is 0 Å². The van der Waals surface area contributed by atoms with E-state index in [4.69, 9.17) is 5.11 Å². The molecule has 10 heavy (non-hydrogen) atoms. The molecule has 0 amide bonds. The smallest absolute Gasteiger partial charge is 0.310 e. The summed E-state index contributed by atoms with van der Waals surface area (Å²) in [5.41, 5.74) is 0. The predicted molar refractivity (Wildman–Crippen MR) is 40.8 cm³/mol. The molecule has 0 aliphatic carbocycles. The van der Waals surface area contributed by atoms with Crippen LogP contribution in [0.1, 0.15) is 26.7 Å². The minimum Gasteiger partial charge on any atom is -0.481 e. The Morgan fingerprint density at radius 1 is 1.60 bits per heavy atom. The van der Waals surface area contributed by atoms with Gasteiger partial charge in [-0.25, -0.2) is 0 Å². The van der Waals surface area contributed by atoms with E-state index in [1.165, 1.54) is 0 Å². The summed E-state index contributed by atoms with van der Waals surface area (Å²) in [5, 5.41) is 8.55. The molecule has 0 radical (unpaired) electrons. The van der Waals surface area contributed by atoms with E-state index in [0.717, 1.165) is 6.42 Å². The van der Waals surface area contributed by atoms with Crippen LogP contribution >= 0.6 is 0 Å². The molecule has 0 saturated heterocycles. The van der Waals surface area contributed by atoms with Crippen molar-refractivity contribution in [2.75, 3.05) is 0 Å². The highest BCUT2D eigenvalue weighted by atomic mass is 16.4. The molecule has 1 N–H and O–H groups in total. The van der Waals surface area contributed by atoms with Crippen LogP contribution in [0.25, 0.3) is 0 Å². The van der Waals surface area contributed by atoms with E-state index in [1.54, 1.807) is 6.08 Å². The Morgan fingerprint density at radius 2 is 2.20 bits per heavy atom. The Morgan fingerprint density at radius 3 is 2.50 bits per heavy atom. The zero-order chi connectivity index (χ0) is 7.98. The zero-order valence-corrected chi connectivity index (χ0v) is 6.50. The van der Waals surface area contributed by atoms with Crippen molar-refractivity contribution in [1.82, 2.24) is 0 Å². The first-order valence-electron chi connectivity index (χ1n) is 3.61. The maximum Gasteiger partial charge on any atom is 0.310 e. The second-order valence-corrected chi connectivity index (χ2v) is 2.19. The maximum atomic E-state index is 10.4. The van der Waals surface area contributed by atoms with E-state index in [9.17, 15) is 4.79 Å². The highest BCUT2D eigenvalue weighted by molar-refractivity contribution is 5.71. The molecular weight excluding hydrogens is 128 g/mol. The van der Waals surface area contributed by atoms with E-state index in [1.807, 2.05) is 19.9 Å². The van der Waals surface area contributed by atoms with Gasteiger partial charge in [0.2, 0.25) is 0 Å². The van der Waals surface area contributed by atoms with Gasteiger partial charge >= 0.3 is 5.97 Å². The molecule has 0 aromatic heterocycles. The molecule has 0 fully saturated rings. The van der Waals surface area contributed by atoms with Crippen LogP contribution in [0.5, 0.6) is 0 Å². The molecule has 0 saturated carbocycles. The Bertz CT molecular complexity index is 127. The second kappa shape index (κ2) is 5.03. The molecule has 58 valence electrons. The number of rotatable bonds is 4. The normalized spacial score (nSPS) is 13.8. The van der Waals surface area contributed by atoms with E-state index in [2.05, 4.69) is 0 Å². The fourth-order valence-electron chi connectivity index (χ4n) is 0.693. The number of carbonyl (C=O) groups is 1. The number of hydrogen-bond donors (Lipinski definition) is 1. The van der Waals surface area contributed by atoms with Crippen molar-refractivity contribution in [3.05, 3.63) is 12.2 Å². The lowest BCUT2D eigenvalue weighted by molar-refractivity contribution is -0.140. The molecule has 1 atom stereocenters. The average Bonchev–Trinajstić information content (AvgIpc) is 1.89. The lowest BCUT2D eigenvalue weighted by Gasteiger charge is -2.00. The summed E-state index contributed by atoms with van der Waals surface area (Å²) in [6.07, 6.45) is 5.22. The van der Waals surface area contributed by atoms with Crippen LogP contribution in [0.3, 0.4) is 0 Å². The van der Waals surface area contributed by atoms with Crippen LogP contribution in [0.15, 0.2) is 12.2 Å². The summed E-state index contributed by atoms with van der Waals surface area (Å²) < 4.78 is 0. The number of carboxylic acid groups (broad SMARTS) is 1. The predicted octanol–water partition coefficient (Wildman–Crippen LogP) is 2.06. The lowest BCUT2D eigenvalue weighted by Crippen LogP contribution is -2.08. The quantitative estimate of drug-likeness (QED) is 0.610. The van der Waals surface area contributed by atoms with Gasteiger partial charge in [0.25, 0.3) is 0 Å². The number of hydrogen-bond acceptors (Lipinski definition) is 1. The van der Waals surface area contributed by atoms with Crippen molar-refractivity contribution in [1.29, 1.82) is 0 Å². The molecule has 0 aromatic rings. The van der Waals surface area contributed by atoms with Crippen molar-refractivity contribution < 1.29 is 9.90 Å². The highest BCUT2D eigenvalue weighted by Gasteiger charge is 2.08. The maximum absolute atomic E-state index is 10.4. The van der Waals surface area contributed by atoms with E-state index >= 15 is 0 Å². The molecule has 2 nitrogen and oxygen atoms in total. The molecule has 0 bridgehead atoms. The van der Waals surface area contributed by atoms with Gasteiger partial charge in [-0.2, -0.15) is 0 Å². The van der Waals surface area contributed by atoms with Crippen LogP contribution in [-0.4, -0.2) is 11.1 Å². The highest BCUT2D eigenvalue weighted by Crippen LogP contribution is 2.04. The van der Waals surface area contributed by atoms with Gasteiger partial charge < -0.3 is 5.11 Å². The SMILES string of the molecule is CCC=CC(CC)C(=O)O. The van der Waals surface area contributed by atoms with E-state index < -0.39 is 5.97 Å². The molecule has 0 aliphatic heterocycles. The molecular formula is C8H14O2.